The quantitative estimate of drug-likeness (QED) is 0.271. The van der Waals surface area contributed by atoms with Crippen molar-refractivity contribution in [3.8, 4) is 0 Å². The topological polar surface area (TPSA) is 147 Å². The van der Waals surface area contributed by atoms with Gasteiger partial charge in [0.1, 0.15) is 12.2 Å². The number of allylic oxidation sites excluding steroid dienone is 1. The summed E-state index contributed by atoms with van der Waals surface area (Å²) in [6, 6.07) is 0. The Balaban J connectivity index is 4.19. The standard InChI is InChI=1S/C14H25NO7/c1-2-3-4-5-6-7-8-15-13(20)11(18)9(16)10(17)12(19)14(21)22/h7-12,16-19H,2-6H2,1H3,(H,15,20)(H,21,22)/b8-7+/t9-,10-,11+,12-/m1/s1. The fraction of sp³-hybridized carbons (Fsp3) is 0.714. The molecule has 0 aliphatic rings. The average molecular weight is 319 g/mol. The Morgan fingerprint density at radius 1 is 1.00 bits per heavy atom. The molecule has 0 rings (SSSR count). The second kappa shape index (κ2) is 11.1. The van der Waals surface area contributed by atoms with Crippen LogP contribution in [0, 0.1) is 0 Å². The Morgan fingerprint density at radius 3 is 2.14 bits per heavy atom. The molecule has 0 saturated heterocycles. The largest absolute Gasteiger partial charge is 0.479 e. The minimum Gasteiger partial charge on any atom is -0.479 e. The SMILES string of the molecule is CCCCCC/C=C/NC(=O)[C@@H](O)[C@H](O)[C@@H](O)[C@@H](O)C(=O)O. The van der Waals surface area contributed by atoms with Gasteiger partial charge < -0.3 is 30.8 Å². The van der Waals surface area contributed by atoms with Crippen LogP contribution in [0.2, 0.25) is 0 Å². The first-order valence-electron chi connectivity index (χ1n) is 7.23. The highest BCUT2D eigenvalue weighted by molar-refractivity contribution is 5.82. The van der Waals surface area contributed by atoms with E-state index in [1.165, 1.54) is 6.20 Å². The number of aliphatic hydroxyl groups is 4. The van der Waals surface area contributed by atoms with Gasteiger partial charge >= 0.3 is 5.97 Å². The van der Waals surface area contributed by atoms with Crippen LogP contribution in [-0.4, -0.2) is 61.8 Å². The molecule has 22 heavy (non-hydrogen) atoms. The van der Waals surface area contributed by atoms with Crippen molar-refractivity contribution in [1.82, 2.24) is 5.32 Å². The molecule has 4 atom stereocenters. The fourth-order valence-corrected chi connectivity index (χ4v) is 1.67. The molecule has 0 aliphatic heterocycles. The van der Waals surface area contributed by atoms with Crippen LogP contribution in [0.25, 0.3) is 0 Å². The summed E-state index contributed by atoms with van der Waals surface area (Å²) < 4.78 is 0. The maximum atomic E-state index is 11.5. The van der Waals surface area contributed by atoms with Crippen LogP contribution in [0.3, 0.4) is 0 Å². The molecule has 8 heteroatoms. The smallest absolute Gasteiger partial charge is 0.335 e. The third-order valence-corrected chi connectivity index (χ3v) is 3.09. The Labute approximate surface area is 129 Å². The summed E-state index contributed by atoms with van der Waals surface area (Å²) in [4.78, 5) is 21.9. The maximum absolute atomic E-state index is 11.5. The molecule has 0 aromatic rings. The van der Waals surface area contributed by atoms with Crippen molar-refractivity contribution in [3.63, 3.8) is 0 Å². The van der Waals surface area contributed by atoms with Crippen molar-refractivity contribution >= 4 is 11.9 Å². The predicted molar refractivity (Wildman–Crippen MR) is 77.7 cm³/mol. The lowest BCUT2D eigenvalue weighted by atomic mass is 10.0. The van der Waals surface area contributed by atoms with E-state index in [9.17, 15) is 24.9 Å². The molecular formula is C14H25NO7. The molecule has 128 valence electrons. The highest BCUT2D eigenvalue weighted by Gasteiger charge is 2.37. The number of aliphatic hydroxyl groups excluding tert-OH is 4. The van der Waals surface area contributed by atoms with Gasteiger partial charge in [-0.25, -0.2) is 4.79 Å². The molecule has 8 nitrogen and oxygen atoms in total. The van der Waals surface area contributed by atoms with E-state index in [4.69, 9.17) is 10.2 Å². The van der Waals surface area contributed by atoms with E-state index in [-0.39, 0.29) is 0 Å². The van der Waals surface area contributed by atoms with E-state index in [1.54, 1.807) is 6.08 Å². The Hall–Kier alpha value is -1.48. The van der Waals surface area contributed by atoms with Crippen molar-refractivity contribution in [2.24, 2.45) is 0 Å². The molecule has 0 aliphatic carbocycles. The van der Waals surface area contributed by atoms with Gasteiger partial charge in [0.05, 0.1) is 0 Å². The van der Waals surface area contributed by atoms with E-state index < -0.39 is 36.3 Å². The van der Waals surface area contributed by atoms with Crippen molar-refractivity contribution in [1.29, 1.82) is 0 Å². The van der Waals surface area contributed by atoms with Gasteiger partial charge in [0, 0.05) is 0 Å². The van der Waals surface area contributed by atoms with Crippen LogP contribution < -0.4 is 5.32 Å². The maximum Gasteiger partial charge on any atom is 0.335 e. The molecule has 0 fully saturated rings. The molecule has 0 radical (unpaired) electrons. The number of hydrogen-bond acceptors (Lipinski definition) is 6. The second-order valence-corrected chi connectivity index (χ2v) is 4.97. The number of aliphatic carboxylic acids is 1. The number of hydrogen-bond donors (Lipinski definition) is 6. The number of amides is 1. The first-order valence-corrected chi connectivity index (χ1v) is 7.23. The molecule has 6 N–H and O–H groups in total. The second-order valence-electron chi connectivity index (χ2n) is 4.97. The number of carbonyl (C=O) groups excluding carboxylic acids is 1. The number of unbranched alkanes of at least 4 members (excludes halogenated alkanes) is 4. The Morgan fingerprint density at radius 2 is 1.59 bits per heavy atom. The van der Waals surface area contributed by atoms with Gasteiger partial charge in [-0.05, 0) is 19.0 Å². The molecule has 0 aromatic carbocycles. The first-order chi connectivity index (χ1) is 10.3. The Kier molecular flexibility index (Phi) is 10.4. The van der Waals surface area contributed by atoms with Crippen molar-refractivity contribution in [2.75, 3.05) is 0 Å². The monoisotopic (exact) mass is 319 g/mol. The molecule has 0 spiro atoms. The van der Waals surface area contributed by atoms with E-state index >= 15 is 0 Å². The fourth-order valence-electron chi connectivity index (χ4n) is 1.67. The molecule has 0 unspecified atom stereocenters. The number of carbonyl (C=O) groups is 2. The number of carboxylic acid groups (broad SMARTS) is 1. The number of nitrogens with one attached hydrogen (secondary N) is 1. The summed E-state index contributed by atoms with van der Waals surface area (Å²) in [6.45, 7) is 2.10. The van der Waals surface area contributed by atoms with Crippen LogP contribution >= 0.6 is 0 Å². The lowest BCUT2D eigenvalue weighted by Gasteiger charge is -2.23. The summed E-state index contributed by atoms with van der Waals surface area (Å²) >= 11 is 0. The van der Waals surface area contributed by atoms with E-state index in [2.05, 4.69) is 12.2 Å². The highest BCUT2D eigenvalue weighted by Crippen LogP contribution is 2.06. The predicted octanol–water partition coefficient (Wildman–Crippen LogP) is -0.885. The van der Waals surface area contributed by atoms with Crippen LogP contribution in [0.5, 0.6) is 0 Å². The molecular weight excluding hydrogens is 294 g/mol. The van der Waals surface area contributed by atoms with Crippen LogP contribution in [-0.2, 0) is 9.59 Å². The molecule has 0 heterocycles. The van der Waals surface area contributed by atoms with Crippen LogP contribution in [0.15, 0.2) is 12.3 Å². The highest BCUT2D eigenvalue weighted by atomic mass is 16.4. The van der Waals surface area contributed by atoms with Gasteiger partial charge in [-0.1, -0.05) is 32.3 Å². The number of carboxylic acids is 1. The normalized spacial score (nSPS) is 17.0. The number of rotatable bonds is 11. The third-order valence-electron chi connectivity index (χ3n) is 3.09. The molecule has 0 aromatic heterocycles. The minimum absolute atomic E-state index is 0.749. The molecule has 0 saturated carbocycles. The van der Waals surface area contributed by atoms with E-state index in [0.717, 1.165) is 32.1 Å². The zero-order valence-electron chi connectivity index (χ0n) is 12.6. The van der Waals surface area contributed by atoms with Gasteiger partial charge in [0.25, 0.3) is 5.91 Å². The van der Waals surface area contributed by atoms with Crippen LogP contribution in [0.4, 0.5) is 0 Å². The summed E-state index contributed by atoms with van der Waals surface area (Å²) in [5, 5.41) is 48.0. The van der Waals surface area contributed by atoms with Gasteiger partial charge in [-0.15, -0.1) is 0 Å². The van der Waals surface area contributed by atoms with E-state index in [0.29, 0.717) is 0 Å². The lowest BCUT2D eigenvalue weighted by Crippen LogP contribution is -2.52. The van der Waals surface area contributed by atoms with Gasteiger partial charge in [0.2, 0.25) is 0 Å². The Bertz CT molecular complexity index is 372. The van der Waals surface area contributed by atoms with Gasteiger partial charge in [-0.2, -0.15) is 0 Å². The summed E-state index contributed by atoms with van der Waals surface area (Å²) in [5.41, 5.74) is 0. The zero-order chi connectivity index (χ0) is 17.1. The van der Waals surface area contributed by atoms with Crippen molar-refractivity contribution < 1.29 is 35.1 Å². The molecule has 1 amide bonds. The first kappa shape index (κ1) is 20.5. The average Bonchev–Trinajstić information content (AvgIpc) is 2.50. The van der Waals surface area contributed by atoms with Gasteiger partial charge in [-0.3, -0.25) is 4.79 Å². The van der Waals surface area contributed by atoms with E-state index in [1.807, 2.05) is 0 Å². The lowest BCUT2D eigenvalue weighted by molar-refractivity contribution is -0.166. The van der Waals surface area contributed by atoms with Crippen LogP contribution in [0.1, 0.15) is 39.0 Å². The third kappa shape index (κ3) is 7.51. The summed E-state index contributed by atoms with van der Waals surface area (Å²) in [6.07, 6.45) is -0.618. The summed E-state index contributed by atoms with van der Waals surface area (Å²) in [5.74, 6) is -2.78. The minimum atomic E-state index is -2.30. The van der Waals surface area contributed by atoms with Crippen molar-refractivity contribution in [2.45, 2.75) is 63.4 Å². The van der Waals surface area contributed by atoms with Crippen molar-refractivity contribution in [3.05, 3.63) is 12.3 Å². The van der Waals surface area contributed by atoms with Gasteiger partial charge in [0.15, 0.2) is 12.2 Å². The zero-order valence-corrected chi connectivity index (χ0v) is 12.6. The summed E-state index contributed by atoms with van der Waals surface area (Å²) in [7, 11) is 0. The molecule has 0 bridgehead atoms.